The fourth-order valence-electron chi connectivity index (χ4n) is 2.55. The van der Waals surface area contributed by atoms with Gasteiger partial charge in [-0.25, -0.2) is 9.59 Å². The molecule has 0 amide bonds. The Hall–Kier alpha value is -2.76. The van der Waals surface area contributed by atoms with Crippen LogP contribution in [0.3, 0.4) is 0 Å². The van der Waals surface area contributed by atoms with Crippen LogP contribution in [0, 0.1) is 0 Å². The average molecular weight is 300 g/mol. The molecule has 3 N–H and O–H groups in total. The molecule has 0 saturated heterocycles. The first-order valence-electron chi connectivity index (χ1n) is 7.01. The molecule has 3 rings (SSSR count). The molecular formula is C16H16N2O4. The molecule has 22 heavy (non-hydrogen) atoms. The molecule has 1 aliphatic heterocycles. The zero-order chi connectivity index (χ0) is 15.7. The molecule has 0 bridgehead atoms. The summed E-state index contributed by atoms with van der Waals surface area (Å²) in [5.74, 6) is 0.509. The van der Waals surface area contributed by atoms with Crippen molar-refractivity contribution >= 4 is 17.2 Å². The lowest BCUT2D eigenvalue weighted by molar-refractivity contribution is -0.134. The molecule has 1 aromatic rings. The summed E-state index contributed by atoms with van der Waals surface area (Å²) in [6.07, 6.45) is 6.23. The van der Waals surface area contributed by atoms with E-state index in [-0.39, 0.29) is 0 Å². The van der Waals surface area contributed by atoms with E-state index in [4.69, 9.17) is 14.9 Å². The van der Waals surface area contributed by atoms with Crippen molar-refractivity contribution in [3.05, 3.63) is 57.5 Å². The third-order valence-corrected chi connectivity index (χ3v) is 3.73. The van der Waals surface area contributed by atoms with Crippen LogP contribution in [-0.2, 0) is 16.0 Å². The molecule has 1 aromatic heterocycles. The van der Waals surface area contributed by atoms with Crippen LogP contribution < -0.4 is 16.7 Å². The van der Waals surface area contributed by atoms with Crippen molar-refractivity contribution in [3.8, 4) is 0 Å². The number of anilines is 1. The second-order valence-electron chi connectivity index (χ2n) is 5.17. The molecule has 0 radical (unpaired) electrons. The van der Waals surface area contributed by atoms with Crippen LogP contribution in [0.1, 0.15) is 24.7 Å². The summed E-state index contributed by atoms with van der Waals surface area (Å²) in [6.45, 7) is 2.35. The van der Waals surface area contributed by atoms with Gasteiger partial charge in [-0.15, -0.1) is 0 Å². The van der Waals surface area contributed by atoms with Gasteiger partial charge in [-0.3, -0.25) is 0 Å². The van der Waals surface area contributed by atoms with E-state index >= 15 is 0 Å². The molecule has 0 saturated carbocycles. The number of dihydropyridines is 1. The van der Waals surface area contributed by atoms with E-state index in [1.807, 2.05) is 0 Å². The molecule has 6 heteroatoms. The number of carbonyl (C=O) groups excluding carboxylic acids is 1. The lowest BCUT2D eigenvalue weighted by atomic mass is 9.95. The number of nitrogen functional groups attached to an aromatic ring is 1. The van der Waals surface area contributed by atoms with Crippen LogP contribution in [0.2, 0.25) is 0 Å². The summed E-state index contributed by atoms with van der Waals surface area (Å²) in [5.41, 5.74) is 7.69. The summed E-state index contributed by atoms with van der Waals surface area (Å²) in [6, 6.07) is 1.27. The van der Waals surface area contributed by atoms with E-state index in [2.05, 4.69) is 5.32 Å². The van der Waals surface area contributed by atoms with Crippen LogP contribution >= 0.6 is 0 Å². The van der Waals surface area contributed by atoms with Crippen LogP contribution in [0.4, 0.5) is 5.69 Å². The molecule has 0 unspecified atom stereocenters. The summed E-state index contributed by atoms with van der Waals surface area (Å²) in [5, 5.41) is 2.97. The summed E-state index contributed by atoms with van der Waals surface area (Å²) >= 11 is 0. The maximum absolute atomic E-state index is 12.1. The first-order chi connectivity index (χ1) is 10.6. The van der Waals surface area contributed by atoms with Gasteiger partial charge in [0.2, 0.25) is 0 Å². The number of nitrogens with two attached hydrogens (primary N) is 1. The minimum absolute atomic E-state index is 0.411. The van der Waals surface area contributed by atoms with Gasteiger partial charge in [-0.2, -0.15) is 0 Å². The third-order valence-electron chi connectivity index (χ3n) is 3.73. The molecule has 0 fully saturated rings. The first-order valence-corrected chi connectivity index (χ1v) is 7.01. The van der Waals surface area contributed by atoms with E-state index in [1.165, 1.54) is 6.07 Å². The highest BCUT2D eigenvalue weighted by Gasteiger charge is 2.24. The van der Waals surface area contributed by atoms with Gasteiger partial charge in [0.15, 0.2) is 0 Å². The monoisotopic (exact) mass is 300 g/mol. The molecule has 0 aromatic carbocycles. The van der Waals surface area contributed by atoms with Gasteiger partial charge in [-0.05, 0) is 25.6 Å². The number of rotatable bonds is 2. The van der Waals surface area contributed by atoms with Crippen molar-refractivity contribution in [1.82, 2.24) is 5.32 Å². The fourth-order valence-corrected chi connectivity index (χ4v) is 2.55. The quantitative estimate of drug-likeness (QED) is 0.803. The Morgan fingerprint density at radius 3 is 2.95 bits per heavy atom. The summed E-state index contributed by atoms with van der Waals surface area (Å²) < 4.78 is 10.7. The zero-order valence-corrected chi connectivity index (χ0v) is 12.1. The van der Waals surface area contributed by atoms with Crippen molar-refractivity contribution in [1.29, 1.82) is 0 Å². The maximum Gasteiger partial charge on any atom is 0.343 e. The van der Waals surface area contributed by atoms with Crippen LogP contribution in [0.15, 0.2) is 45.0 Å². The second kappa shape index (κ2) is 5.55. The van der Waals surface area contributed by atoms with Gasteiger partial charge in [-0.1, -0.05) is 6.08 Å². The molecular weight excluding hydrogens is 284 g/mol. The van der Waals surface area contributed by atoms with Crippen molar-refractivity contribution < 1.29 is 13.9 Å². The summed E-state index contributed by atoms with van der Waals surface area (Å²) in [4.78, 5) is 23.6. The number of ether oxygens (including phenoxy) is 1. The fraction of sp³-hybridized carbons (Fsp3) is 0.250. The molecule has 2 heterocycles. The van der Waals surface area contributed by atoms with Crippen molar-refractivity contribution in [3.63, 3.8) is 0 Å². The molecule has 1 aliphatic carbocycles. The Morgan fingerprint density at radius 2 is 2.23 bits per heavy atom. The van der Waals surface area contributed by atoms with Gasteiger partial charge in [0.1, 0.15) is 11.5 Å². The third kappa shape index (κ3) is 2.55. The molecule has 2 aliphatic rings. The predicted molar refractivity (Wildman–Crippen MR) is 81.6 cm³/mol. The second-order valence-corrected chi connectivity index (χ2v) is 5.17. The van der Waals surface area contributed by atoms with Crippen LogP contribution in [0.5, 0.6) is 0 Å². The normalized spacial score (nSPS) is 16.7. The number of carbonyl (C=O) groups is 1. The zero-order valence-electron chi connectivity index (χ0n) is 12.1. The Balaban J connectivity index is 1.91. The lowest BCUT2D eigenvalue weighted by Crippen LogP contribution is -2.17. The van der Waals surface area contributed by atoms with E-state index in [1.54, 1.807) is 25.3 Å². The number of allylic oxidation sites excluding steroid dienone is 2. The van der Waals surface area contributed by atoms with Crippen LogP contribution in [0.25, 0.3) is 5.57 Å². The summed E-state index contributed by atoms with van der Waals surface area (Å²) in [7, 11) is 0. The SMILES string of the molecule is CC1=C(OC(=O)C2=CCNC=C2)CCc2c(N)cc(=O)oc21. The van der Waals surface area contributed by atoms with E-state index in [0.29, 0.717) is 47.7 Å². The number of esters is 1. The number of nitrogens with one attached hydrogen (secondary N) is 1. The number of fused-ring (bicyclic) bond motifs is 1. The smallest absolute Gasteiger partial charge is 0.343 e. The Bertz CT molecular complexity index is 784. The van der Waals surface area contributed by atoms with Crippen molar-refractivity contribution in [2.45, 2.75) is 19.8 Å². The Morgan fingerprint density at radius 1 is 1.41 bits per heavy atom. The first kappa shape index (κ1) is 14.2. The maximum atomic E-state index is 12.1. The minimum Gasteiger partial charge on any atom is -0.427 e. The Labute approximate surface area is 126 Å². The minimum atomic E-state index is -0.507. The van der Waals surface area contributed by atoms with E-state index in [0.717, 1.165) is 5.56 Å². The highest BCUT2D eigenvalue weighted by atomic mass is 16.5. The molecule has 6 nitrogen and oxygen atoms in total. The van der Waals surface area contributed by atoms with Gasteiger partial charge in [0.05, 0.1) is 5.57 Å². The van der Waals surface area contributed by atoms with Gasteiger partial charge >= 0.3 is 11.6 Å². The van der Waals surface area contributed by atoms with Crippen LogP contribution in [-0.4, -0.2) is 12.5 Å². The Kier molecular flexibility index (Phi) is 3.58. The largest absolute Gasteiger partial charge is 0.427 e. The lowest BCUT2D eigenvalue weighted by Gasteiger charge is -2.20. The standard InChI is InChI=1S/C16H16N2O4/c1-9-13(21-16(20)10-4-6-18-7-5-10)3-2-11-12(17)8-14(19)22-15(9)11/h4-6,8,18H,2-3,7,17H2,1H3. The van der Waals surface area contributed by atoms with Crippen molar-refractivity contribution in [2.24, 2.45) is 0 Å². The topological polar surface area (TPSA) is 94.6 Å². The molecule has 0 spiro atoms. The van der Waals surface area contributed by atoms with Crippen molar-refractivity contribution in [2.75, 3.05) is 12.3 Å². The van der Waals surface area contributed by atoms with Gasteiger partial charge in [0.25, 0.3) is 0 Å². The van der Waals surface area contributed by atoms with Gasteiger partial charge in [0, 0.05) is 35.9 Å². The van der Waals surface area contributed by atoms with E-state index in [9.17, 15) is 9.59 Å². The average Bonchev–Trinajstić information content (AvgIpc) is 2.51. The highest BCUT2D eigenvalue weighted by Crippen LogP contribution is 2.33. The number of hydrogen-bond donors (Lipinski definition) is 2. The molecule has 114 valence electrons. The molecule has 0 atom stereocenters. The number of hydrogen-bond acceptors (Lipinski definition) is 6. The van der Waals surface area contributed by atoms with E-state index < -0.39 is 11.6 Å². The predicted octanol–water partition coefficient (Wildman–Crippen LogP) is 1.49. The van der Waals surface area contributed by atoms with Gasteiger partial charge < -0.3 is 20.2 Å². The highest BCUT2D eigenvalue weighted by molar-refractivity contribution is 5.93.